The standard InChI is InChI=1S/C10H14N2O4/c1-3-10(12,9(15)16)5-6(2)4-7(11)8(13)14/h1,7H,2,4-5,11-12H2,(H,13,14)(H,15,16). The number of carboxylic acid groups (broad SMARTS) is 2. The molecular formula is C10H14N2O4. The molecule has 0 aromatic carbocycles. The van der Waals surface area contributed by atoms with Gasteiger partial charge in [-0.05, 0) is 6.42 Å². The van der Waals surface area contributed by atoms with Gasteiger partial charge in [-0.25, -0.2) is 4.79 Å². The number of aliphatic carboxylic acids is 2. The van der Waals surface area contributed by atoms with Crippen LogP contribution >= 0.6 is 0 Å². The highest BCUT2D eigenvalue weighted by molar-refractivity contribution is 5.83. The fourth-order valence-corrected chi connectivity index (χ4v) is 1.05. The molecule has 6 heteroatoms. The molecule has 0 heterocycles. The first-order chi connectivity index (χ1) is 7.23. The third-order valence-electron chi connectivity index (χ3n) is 1.99. The zero-order valence-electron chi connectivity index (χ0n) is 8.64. The van der Waals surface area contributed by atoms with Crippen molar-refractivity contribution in [2.75, 3.05) is 0 Å². The van der Waals surface area contributed by atoms with Crippen molar-refractivity contribution in [3.05, 3.63) is 12.2 Å². The summed E-state index contributed by atoms with van der Waals surface area (Å²) in [5.74, 6) is -0.615. The van der Waals surface area contributed by atoms with Gasteiger partial charge in [-0.2, -0.15) is 0 Å². The summed E-state index contributed by atoms with van der Waals surface area (Å²) >= 11 is 0. The first-order valence-corrected chi connectivity index (χ1v) is 4.38. The fraction of sp³-hybridized carbons (Fsp3) is 0.400. The lowest BCUT2D eigenvalue weighted by Gasteiger charge is -2.20. The molecule has 0 aromatic rings. The maximum Gasteiger partial charge on any atom is 0.336 e. The fourth-order valence-electron chi connectivity index (χ4n) is 1.05. The number of carbonyl (C=O) groups is 2. The Labute approximate surface area is 92.9 Å². The van der Waals surface area contributed by atoms with Crippen LogP contribution in [0.2, 0.25) is 0 Å². The van der Waals surface area contributed by atoms with Gasteiger partial charge in [-0.1, -0.05) is 18.1 Å². The summed E-state index contributed by atoms with van der Waals surface area (Å²) in [6.45, 7) is 3.51. The molecule has 16 heavy (non-hydrogen) atoms. The van der Waals surface area contributed by atoms with E-state index in [-0.39, 0.29) is 18.4 Å². The maximum atomic E-state index is 10.8. The van der Waals surface area contributed by atoms with Crippen LogP contribution in [0, 0.1) is 12.3 Å². The molecule has 0 spiro atoms. The molecule has 0 amide bonds. The Kier molecular flexibility index (Phi) is 4.69. The zero-order chi connectivity index (χ0) is 12.9. The van der Waals surface area contributed by atoms with Crippen molar-refractivity contribution < 1.29 is 19.8 Å². The minimum absolute atomic E-state index is 0.0662. The average molecular weight is 226 g/mol. The van der Waals surface area contributed by atoms with Crippen molar-refractivity contribution in [2.24, 2.45) is 11.5 Å². The molecule has 6 nitrogen and oxygen atoms in total. The summed E-state index contributed by atoms with van der Waals surface area (Å²) in [5.41, 5.74) is 9.09. The third-order valence-corrected chi connectivity index (χ3v) is 1.99. The SMILES string of the molecule is C#CC(N)(CC(=C)CC(N)C(=O)O)C(=O)O. The molecule has 0 fully saturated rings. The lowest BCUT2D eigenvalue weighted by molar-refractivity contribution is -0.141. The molecule has 0 bridgehead atoms. The normalized spacial score (nSPS) is 15.6. The van der Waals surface area contributed by atoms with Gasteiger partial charge < -0.3 is 21.7 Å². The van der Waals surface area contributed by atoms with E-state index in [1.54, 1.807) is 0 Å². The van der Waals surface area contributed by atoms with Crippen molar-refractivity contribution in [3.8, 4) is 12.3 Å². The number of carboxylic acids is 2. The molecule has 0 aromatic heterocycles. The van der Waals surface area contributed by atoms with Crippen LogP contribution in [0.15, 0.2) is 12.2 Å². The summed E-state index contributed by atoms with van der Waals surface area (Å²) in [4.78, 5) is 21.2. The van der Waals surface area contributed by atoms with Gasteiger partial charge in [0.1, 0.15) is 6.04 Å². The topological polar surface area (TPSA) is 127 Å². The molecule has 6 N–H and O–H groups in total. The molecule has 0 rings (SSSR count). The maximum absolute atomic E-state index is 10.8. The van der Waals surface area contributed by atoms with Crippen molar-refractivity contribution in [3.63, 3.8) is 0 Å². The Morgan fingerprint density at radius 2 is 2.00 bits per heavy atom. The molecule has 0 aliphatic rings. The van der Waals surface area contributed by atoms with E-state index < -0.39 is 23.5 Å². The summed E-state index contributed by atoms with van der Waals surface area (Å²) in [7, 11) is 0. The number of hydrogen-bond acceptors (Lipinski definition) is 4. The van der Waals surface area contributed by atoms with E-state index in [9.17, 15) is 9.59 Å². The van der Waals surface area contributed by atoms with E-state index in [2.05, 4.69) is 6.58 Å². The van der Waals surface area contributed by atoms with Crippen LogP contribution in [-0.2, 0) is 9.59 Å². The van der Waals surface area contributed by atoms with Gasteiger partial charge in [0.25, 0.3) is 0 Å². The number of hydrogen-bond donors (Lipinski definition) is 4. The van der Waals surface area contributed by atoms with Crippen LogP contribution in [0.25, 0.3) is 0 Å². The van der Waals surface area contributed by atoms with Crippen LogP contribution in [0.1, 0.15) is 12.8 Å². The molecular weight excluding hydrogens is 212 g/mol. The van der Waals surface area contributed by atoms with Crippen molar-refractivity contribution in [1.82, 2.24) is 0 Å². The smallest absolute Gasteiger partial charge is 0.336 e. The van der Waals surface area contributed by atoms with E-state index in [1.165, 1.54) is 0 Å². The third kappa shape index (κ3) is 3.73. The van der Waals surface area contributed by atoms with Crippen LogP contribution in [-0.4, -0.2) is 33.7 Å². The second kappa shape index (κ2) is 5.30. The first kappa shape index (κ1) is 14.2. The monoisotopic (exact) mass is 226 g/mol. The number of nitrogens with two attached hydrogens (primary N) is 2. The average Bonchev–Trinajstić information content (AvgIpc) is 2.16. The lowest BCUT2D eigenvalue weighted by Crippen LogP contribution is -2.47. The summed E-state index contributed by atoms with van der Waals surface area (Å²) in [5, 5.41) is 17.3. The van der Waals surface area contributed by atoms with Gasteiger partial charge in [0.15, 0.2) is 5.54 Å². The molecule has 2 atom stereocenters. The molecule has 88 valence electrons. The molecule has 0 aliphatic heterocycles. The van der Waals surface area contributed by atoms with Crippen molar-refractivity contribution in [1.29, 1.82) is 0 Å². The first-order valence-electron chi connectivity index (χ1n) is 4.38. The van der Waals surface area contributed by atoms with Crippen LogP contribution in [0.4, 0.5) is 0 Å². The van der Waals surface area contributed by atoms with Crippen molar-refractivity contribution in [2.45, 2.75) is 24.4 Å². The Morgan fingerprint density at radius 3 is 2.31 bits per heavy atom. The summed E-state index contributed by atoms with van der Waals surface area (Å²) < 4.78 is 0. The minimum Gasteiger partial charge on any atom is -0.480 e. The minimum atomic E-state index is -1.87. The largest absolute Gasteiger partial charge is 0.480 e. The van der Waals surface area contributed by atoms with Gasteiger partial charge in [0, 0.05) is 6.42 Å². The predicted molar refractivity (Wildman–Crippen MR) is 57.4 cm³/mol. The Morgan fingerprint density at radius 1 is 1.50 bits per heavy atom. The summed E-state index contributed by atoms with van der Waals surface area (Å²) in [6, 6.07) is -1.14. The lowest BCUT2D eigenvalue weighted by atomic mass is 9.90. The van der Waals surface area contributed by atoms with E-state index >= 15 is 0 Å². The van der Waals surface area contributed by atoms with Crippen molar-refractivity contribution >= 4 is 11.9 Å². The van der Waals surface area contributed by atoms with Gasteiger partial charge in [-0.3, -0.25) is 4.79 Å². The second-order valence-corrected chi connectivity index (χ2v) is 3.50. The molecule has 0 aliphatic carbocycles. The van der Waals surface area contributed by atoms with E-state index in [1.807, 2.05) is 5.92 Å². The van der Waals surface area contributed by atoms with E-state index in [0.717, 1.165) is 0 Å². The van der Waals surface area contributed by atoms with E-state index in [4.69, 9.17) is 28.1 Å². The number of rotatable bonds is 6. The van der Waals surface area contributed by atoms with Gasteiger partial charge >= 0.3 is 11.9 Å². The Balaban J connectivity index is 4.52. The van der Waals surface area contributed by atoms with Crippen LogP contribution in [0.3, 0.4) is 0 Å². The van der Waals surface area contributed by atoms with Crippen LogP contribution in [0.5, 0.6) is 0 Å². The highest BCUT2D eigenvalue weighted by atomic mass is 16.4. The molecule has 2 unspecified atom stereocenters. The molecule has 0 saturated carbocycles. The van der Waals surface area contributed by atoms with Crippen LogP contribution < -0.4 is 11.5 Å². The Bertz CT molecular complexity index is 358. The van der Waals surface area contributed by atoms with Gasteiger partial charge in [-0.15, -0.1) is 6.42 Å². The van der Waals surface area contributed by atoms with Gasteiger partial charge in [0.05, 0.1) is 0 Å². The predicted octanol–water partition coefficient (Wildman–Crippen LogP) is -0.850. The highest BCUT2D eigenvalue weighted by Gasteiger charge is 2.32. The second-order valence-electron chi connectivity index (χ2n) is 3.50. The quantitative estimate of drug-likeness (QED) is 0.345. The Hall–Kier alpha value is -1.84. The molecule has 0 saturated heterocycles. The number of terminal acetylenes is 1. The van der Waals surface area contributed by atoms with E-state index in [0.29, 0.717) is 0 Å². The van der Waals surface area contributed by atoms with Gasteiger partial charge in [0.2, 0.25) is 0 Å². The highest BCUT2D eigenvalue weighted by Crippen LogP contribution is 2.16. The zero-order valence-corrected chi connectivity index (χ0v) is 8.64. The summed E-state index contributed by atoms with van der Waals surface area (Å²) in [6.07, 6.45) is 4.73. The molecule has 0 radical (unpaired) electrons.